The van der Waals surface area contributed by atoms with Crippen molar-refractivity contribution in [3.63, 3.8) is 0 Å². The Bertz CT molecular complexity index is 1140. The highest BCUT2D eigenvalue weighted by Gasteiger charge is 2.15. The van der Waals surface area contributed by atoms with Gasteiger partial charge in [0, 0.05) is 38.5 Å². The monoisotopic (exact) mass is 368 g/mol. The van der Waals surface area contributed by atoms with E-state index in [1.165, 1.54) is 6.07 Å². The number of aromatic nitrogens is 1. The topological polar surface area (TPSA) is 56.0 Å². The maximum atomic E-state index is 11.2. The Labute approximate surface area is 152 Å². The minimum absolute atomic E-state index is 0.0129. The van der Waals surface area contributed by atoms with Crippen LogP contribution in [0.15, 0.2) is 60.7 Å². The zero-order valence-corrected chi connectivity index (χ0v) is 14.3. The molecule has 0 fully saturated rings. The van der Waals surface area contributed by atoms with Crippen LogP contribution in [0.5, 0.6) is 0 Å². The van der Waals surface area contributed by atoms with E-state index in [1.54, 1.807) is 30.3 Å². The van der Waals surface area contributed by atoms with Crippen molar-refractivity contribution in [3.8, 4) is 11.3 Å². The minimum atomic E-state index is -0.413. The van der Waals surface area contributed by atoms with E-state index in [0.29, 0.717) is 26.7 Å². The standard InChI is InChI=1S/C19H10Cl2N2O2/c20-12-7-11(8-13(21)9-12)19-17-10-14(23(24)25)5-6-15(17)16-3-1-2-4-18(16)22-19/h1-10H. The van der Waals surface area contributed by atoms with Crippen molar-refractivity contribution >= 4 is 50.6 Å². The van der Waals surface area contributed by atoms with Crippen LogP contribution in [0, 0.1) is 10.1 Å². The molecule has 4 aromatic rings. The summed E-state index contributed by atoms with van der Waals surface area (Å²) in [7, 11) is 0. The lowest BCUT2D eigenvalue weighted by atomic mass is 9.99. The number of fused-ring (bicyclic) bond motifs is 3. The number of nitro benzene ring substituents is 1. The molecule has 0 N–H and O–H groups in total. The number of hydrogen-bond acceptors (Lipinski definition) is 3. The first-order valence-corrected chi connectivity index (χ1v) is 8.22. The molecule has 0 spiro atoms. The molecule has 0 atom stereocenters. The quantitative estimate of drug-likeness (QED) is 0.238. The maximum absolute atomic E-state index is 11.2. The molecular formula is C19H10Cl2N2O2. The molecule has 0 aliphatic carbocycles. The fourth-order valence-corrected chi connectivity index (χ4v) is 3.49. The van der Waals surface area contributed by atoms with E-state index in [4.69, 9.17) is 28.2 Å². The Morgan fingerprint density at radius 1 is 0.840 bits per heavy atom. The molecule has 1 aromatic heterocycles. The number of nitro groups is 1. The van der Waals surface area contributed by atoms with Crippen molar-refractivity contribution in [2.24, 2.45) is 0 Å². The number of hydrogen-bond donors (Lipinski definition) is 0. The van der Waals surface area contributed by atoms with Gasteiger partial charge in [-0.05, 0) is 35.7 Å². The van der Waals surface area contributed by atoms with Gasteiger partial charge in [0.1, 0.15) is 0 Å². The summed E-state index contributed by atoms with van der Waals surface area (Å²) in [4.78, 5) is 15.5. The molecule has 1 heterocycles. The summed E-state index contributed by atoms with van der Waals surface area (Å²) in [6.07, 6.45) is 0. The van der Waals surface area contributed by atoms with Gasteiger partial charge in [0.15, 0.2) is 0 Å². The molecular weight excluding hydrogens is 359 g/mol. The van der Waals surface area contributed by atoms with E-state index in [9.17, 15) is 10.1 Å². The first kappa shape index (κ1) is 15.8. The van der Waals surface area contributed by atoms with E-state index in [0.717, 1.165) is 16.3 Å². The van der Waals surface area contributed by atoms with Gasteiger partial charge >= 0.3 is 0 Å². The third kappa shape index (κ3) is 2.80. The predicted octanol–water partition coefficient (Wildman–Crippen LogP) is 6.27. The molecule has 0 unspecified atom stereocenters. The van der Waals surface area contributed by atoms with E-state index >= 15 is 0 Å². The van der Waals surface area contributed by atoms with Gasteiger partial charge in [0.05, 0.1) is 16.1 Å². The fourth-order valence-electron chi connectivity index (χ4n) is 2.97. The Hall–Kier alpha value is -2.69. The SMILES string of the molecule is O=[N+]([O-])c1ccc2c(c1)c(-c1cc(Cl)cc(Cl)c1)nc1ccccc12. The normalized spacial score (nSPS) is 11.1. The lowest BCUT2D eigenvalue weighted by Gasteiger charge is -2.10. The molecule has 0 aliphatic heterocycles. The lowest BCUT2D eigenvalue weighted by Crippen LogP contribution is -1.92. The number of halogens is 2. The number of pyridine rings is 1. The van der Waals surface area contributed by atoms with Crippen LogP contribution in [-0.4, -0.2) is 9.91 Å². The lowest BCUT2D eigenvalue weighted by molar-refractivity contribution is -0.384. The van der Waals surface area contributed by atoms with Gasteiger partial charge in [-0.3, -0.25) is 10.1 Å². The number of para-hydroxylation sites is 1. The van der Waals surface area contributed by atoms with Crippen LogP contribution in [0.3, 0.4) is 0 Å². The van der Waals surface area contributed by atoms with Crippen molar-refractivity contribution in [3.05, 3.63) is 80.8 Å². The zero-order valence-electron chi connectivity index (χ0n) is 12.7. The molecule has 3 aromatic carbocycles. The molecule has 0 saturated heterocycles. The molecule has 6 heteroatoms. The largest absolute Gasteiger partial charge is 0.270 e. The van der Waals surface area contributed by atoms with Crippen LogP contribution < -0.4 is 0 Å². The van der Waals surface area contributed by atoms with E-state index in [2.05, 4.69) is 0 Å². The average Bonchev–Trinajstić information content (AvgIpc) is 2.59. The summed E-state index contributed by atoms with van der Waals surface area (Å²) in [5, 5.41) is 14.7. The Morgan fingerprint density at radius 2 is 1.56 bits per heavy atom. The molecule has 0 bridgehead atoms. The smallest absolute Gasteiger partial charge is 0.258 e. The van der Waals surface area contributed by atoms with Gasteiger partial charge in [-0.15, -0.1) is 0 Å². The minimum Gasteiger partial charge on any atom is -0.258 e. The van der Waals surface area contributed by atoms with Crippen molar-refractivity contribution in [2.45, 2.75) is 0 Å². The first-order chi connectivity index (χ1) is 12.0. The van der Waals surface area contributed by atoms with Gasteiger partial charge in [-0.1, -0.05) is 41.4 Å². The van der Waals surface area contributed by atoms with Gasteiger partial charge < -0.3 is 0 Å². The van der Waals surface area contributed by atoms with Gasteiger partial charge in [0.25, 0.3) is 5.69 Å². The Kier molecular flexibility index (Phi) is 3.79. The predicted molar refractivity (Wildman–Crippen MR) is 101 cm³/mol. The zero-order chi connectivity index (χ0) is 17.6. The van der Waals surface area contributed by atoms with Crippen LogP contribution in [0.25, 0.3) is 32.9 Å². The van der Waals surface area contributed by atoms with Crippen molar-refractivity contribution in [2.75, 3.05) is 0 Å². The second-order valence-electron chi connectivity index (χ2n) is 5.62. The second kappa shape index (κ2) is 5.99. The van der Waals surface area contributed by atoms with Crippen molar-refractivity contribution in [1.29, 1.82) is 0 Å². The first-order valence-electron chi connectivity index (χ1n) is 7.46. The second-order valence-corrected chi connectivity index (χ2v) is 6.50. The van der Waals surface area contributed by atoms with Crippen LogP contribution in [0.1, 0.15) is 0 Å². The molecule has 122 valence electrons. The maximum Gasteiger partial charge on any atom is 0.270 e. The van der Waals surface area contributed by atoms with Crippen LogP contribution >= 0.6 is 23.2 Å². The average molecular weight is 369 g/mol. The summed E-state index contributed by atoms with van der Waals surface area (Å²) in [5.41, 5.74) is 2.14. The molecule has 0 amide bonds. The third-order valence-electron chi connectivity index (χ3n) is 4.03. The van der Waals surface area contributed by atoms with Crippen LogP contribution in [0.4, 0.5) is 5.69 Å². The molecule has 0 radical (unpaired) electrons. The van der Waals surface area contributed by atoms with Crippen LogP contribution in [-0.2, 0) is 0 Å². The highest BCUT2D eigenvalue weighted by molar-refractivity contribution is 6.35. The number of rotatable bonds is 2. The van der Waals surface area contributed by atoms with Gasteiger partial charge in [0.2, 0.25) is 0 Å². The molecule has 0 saturated carbocycles. The van der Waals surface area contributed by atoms with E-state index < -0.39 is 4.92 Å². The van der Waals surface area contributed by atoms with Crippen molar-refractivity contribution < 1.29 is 4.92 Å². The Balaban J connectivity index is 2.16. The summed E-state index contributed by atoms with van der Waals surface area (Å²) >= 11 is 12.3. The fraction of sp³-hybridized carbons (Fsp3) is 0. The molecule has 0 aliphatic rings. The number of non-ortho nitro benzene ring substituents is 1. The van der Waals surface area contributed by atoms with Crippen molar-refractivity contribution in [1.82, 2.24) is 4.98 Å². The molecule has 4 nitrogen and oxygen atoms in total. The Morgan fingerprint density at radius 3 is 2.28 bits per heavy atom. The third-order valence-corrected chi connectivity index (χ3v) is 4.47. The molecule has 25 heavy (non-hydrogen) atoms. The highest BCUT2D eigenvalue weighted by atomic mass is 35.5. The highest BCUT2D eigenvalue weighted by Crippen LogP contribution is 2.36. The summed E-state index contributed by atoms with van der Waals surface area (Å²) in [6, 6.07) is 17.6. The van der Waals surface area contributed by atoms with E-state index in [-0.39, 0.29) is 5.69 Å². The summed E-state index contributed by atoms with van der Waals surface area (Å²) in [6.45, 7) is 0. The number of benzene rings is 3. The number of nitrogens with zero attached hydrogens (tertiary/aromatic N) is 2. The van der Waals surface area contributed by atoms with E-state index in [1.807, 2.05) is 24.3 Å². The van der Waals surface area contributed by atoms with Crippen LogP contribution in [0.2, 0.25) is 10.0 Å². The molecule has 4 rings (SSSR count). The van der Waals surface area contributed by atoms with Gasteiger partial charge in [-0.25, -0.2) is 4.98 Å². The summed E-state index contributed by atoms with van der Waals surface area (Å²) in [5.74, 6) is 0. The summed E-state index contributed by atoms with van der Waals surface area (Å²) < 4.78 is 0. The van der Waals surface area contributed by atoms with Gasteiger partial charge in [-0.2, -0.15) is 0 Å².